The molecule has 8 heteroatoms. The van der Waals surface area contributed by atoms with Crippen LogP contribution in [0.2, 0.25) is 0 Å². The monoisotopic (exact) mass is 457 g/mol. The van der Waals surface area contributed by atoms with Crippen molar-refractivity contribution in [2.24, 2.45) is 0 Å². The van der Waals surface area contributed by atoms with Gasteiger partial charge in [-0.05, 0) is 36.8 Å². The zero-order valence-electron chi connectivity index (χ0n) is 19.0. The number of hydrogen-bond acceptors (Lipinski definition) is 6. The minimum Gasteiger partial charge on any atom is -0.319 e. The van der Waals surface area contributed by atoms with Gasteiger partial charge in [-0.3, -0.25) is 14.9 Å². The third kappa shape index (κ3) is 5.13. The van der Waals surface area contributed by atoms with Crippen molar-refractivity contribution >= 4 is 44.8 Å². The van der Waals surface area contributed by atoms with E-state index in [-0.39, 0.29) is 11.3 Å². The van der Waals surface area contributed by atoms with Crippen LogP contribution >= 0.6 is 0 Å². The van der Waals surface area contributed by atoms with E-state index >= 15 is 0 Å². The first-order chi connectivity index (χ1) is 16.6. The Labute approximate surface area is 197 Å². The molecule has 0 aliphatic carbocycles. The lowest BCUT2D eigenvalue weighted by Crippen LogP contribution is -2.24. The molecule has 174 valence electrons. The molecule has 1 aromatic heterocycles. The van der Waals surface area contributed by atoms with E-state index in [1.807, 2.05) is 42.5 Å². The lowest BCUT2D eigenvalue weighted by Gasteiger charge is -2.17. The first kappa shape index (κ1) is 23.1. The summed E-state index contributed by atoms with van der Waals surface area (Å²) in [6.45, 7) is 2.94. The summed E-state index contributed by atoms with van der Waals surface area (Å²) in [6.07, 6.45) is 4.52. The molecule has 34 heavy (non-hydrogen) atoms. The molecule has 0 atom stereocenters. The fraction of sp³-hybridized carbons (Fsp3) is 0.231. The molecule has 0 bridgehead atoms. The number of hydrazine groups is 1. The molecule has 4 rings (SSSR count). The third-order valence-corrected chi connectivity index (χ3v) is 5.66. The Kier molecular flexibility index (Phi) is 7.29. The zero-order valence-corrected chi connectivity index (χ0v) is 19.0. The molecule has 0 unspecified atom stereocenters. The van der Waals surface area contributed by atoms with Crippen molar-refractivity contribution < 1.29 is 9.72 Å². The molecule has 0 radical (unpaired) electrons. The number of nitrogens with one attached hydrogen (secondary N) is 3. The number of anilines is 2. The van der Waals surface area contributed by atoms with Crippen LogP contribution in [-0.2, 0) is 0 Å². The van der Waals surface area contributed by atoms with Gasteiger partial charge in [-0.15, -0.1) is 0 Å². The molecule has 0 spiro atoms. The normalized spacial score (nSPS) is 11.0. The Bertz CT molecular complexity index is 1340. The van der Waals surface area contributed by atoms with Gasteiger partial charge < -0.3 is 10.7 Å². The molecule has 3 aromatic carbocycles. The number of nitro groups is 1. The summed E-state index contributed by atoms with van der Waals surface area (Å²) in [5, 5.41) is 16.0. The first-order valence-electron chi connectivity index (χ1n) is 11.4. The molecule has 0 aliphatic heterocycles. The summed E-state index contributed by atoms with van der Waals surface area (Å²) in [7, 11) is 0. The number of carbonyl (C=O) groups is 1. The smallest absolute Gasteiger partial charge is 0.282 e. The second-order valence-corrected chi connectivity index (χ2v) is 8.08. The second-order valence-electron chi connectivity index (χ2n) is 8.08. The molecule has 1 heterocycles. The topological polar surface area (TPSA) is 109 Å². The lowest BCUT2D eigenvalue weighted by atomic mass is 10.1. The Morgan fingerprint density at radius 1 is 0.971 bits per heavy atom. The molecule has 0 fully saturated rings. The Hall–Kier alpha value is -4.04. The van der Waals surface area contributed by atoms with Crippen molar-refractivity contribution in [1.82, 2.24) is 10.4 Å². The van der Waals surface area contributed by atoms with Gasteiger partial charge in [0.1, 0.15) is 5.56 Å². The van der Waals surface area contributed by atoms with Gasteiger partial charge >= 0.3 is 0 Å². The number of rotatable bonds is 10. The minimum atomic E-state index is -0.557. The third-order valence-electron chi connectivity index (χ3n) is 5.66. The van der Waals surface area contributed by atoms with E-state index in [0.717, 1.165) is 35.7 Å². The summed E-state index contributed by atoms with van der Waals surface area (Å²) >= 11 is 0. The number of hydrogen-bond donors (Lipinski definition) is 3. The fourth-order valence-electron chi connectivity index (χ4n) is 3.89. The number of nitro benzene ring substituents is 1. The molecule has 0 aliphatic rings. The number of nitrogens with zero attached hydrogens (tertiary/aromatic N) is 2. The van der Waals surface area contributed by atoms with Crippen LogP contribution < -0.4 is 16.2 Å². The van der Waals surface area contributed by atoms with Crippen molar-refractivity contribution in [1.29, 1.82) is 0 Å². The number of carbonyl (C=O) groups excluding carboxylic acids is 1. The highest BCUT2D eigenvalue weighted by Gasteiger charge is 2.21. The van der Waals surface area contributed by atoms with E-state index in [9.17, 15) is 14.9 Å². The maximum absolute atomic E-state index is 13.2. The molecule has 0 saturated heterocycles. The number of fused-ring (bicyclic) bond motifs is 2. The summed E-state index contributed by atoms with van der Waals surface area (Å²) in [5.74, 6) is -0.557. The van der Waals surface area contributed by atoms with E-state index in [2.05, 4.69) is 23.1 Å². The second kappa shape index (κ2) is 10.7. The summed E-state index contributed by atoms with van der Waals surface area (Å²) < 4.78 is 0. The van der Waals surface area contributed by atoms with Gasteiger partial charge in [-0.1, -0.05) is 56.5 Å². The minimum absolute atomic E-state index is 0.00303. The van der Waals surface area contributed by atoms with Gasteiger partial charge in [0.25, 0.3) is 11.6 Å². The van der Waals surface area contributed by atoms with Crippen molar-refractivity contribution in [3.8, 4) is 0 Å². The first-order valence-corrected chi connectivity index (χ1v) is 11.4. The molecule has 8 nitrogen and oxygen atoms in total. The van der Waals surface area contributed by atoms with Crippen LogP contribution in [0.25, 0.3) is 21.8 Å². The lowest BCUT2D eigenvalue weighted by molar-refractivity contribution is -0.385. The molecule has 4 aromatic rings. The number of unbranched alkanes of at least 4 members (excludes halogenated alkanes) is 3. The van der Waals surface area contributed by atoms with Crippen LogP contribution in [0, 0.1) is 10.1 Å². The predicted molar refractivity (Wildman–Crippen MR) is 136 cm³/mol. The highest BCUT2D eigenvalue weighted by Crippen LogP contribution is 2.33. The van der Waals surface area contributed by atoms with Gasteiger partial charge in [0.2, 0.25) is 0 Å². The SMILES string of the molecule is CCCCCCNNc1ccc2nc3ccccc3cc2c1NC(=O)c1ccccc1[N+](=O)[O-]. The van der Waals surface area contributed by atoms with Crippen molar-refractivity contribution in [3.05, 3.63) is 82.4 Å². The maximum atomic E-state index is 13.2. The van der Waals surface area contributed by atoms with Crippen LogP contribution in [0.3, 0.4) is 0 Å². The van der Waals surface area contributed by atoms with E-state index in [1.165, 1.54) is 25.0 Å². The summed E-state index contributed by atoms with van der Waals surface area (Å²) in [4.78, 5) is 28.8. The Morgan fingerprint density at radius 2 is 1.76 bits per heavy atom. The average molecular weight is 458 g/mol. The quantitative estimate of drug-likeness (QED) is 0.116. The van der Waals surface area contributed by atoms with Crippen LogP contribution in [0.4, 0.5) is 17.1 Å². The predicted octanol–water partition coefficient (Wildman–Crippen LogP) is 6.05. The van der Waals surface area contributed by atoms with Crippen LogP contribution in [0.5, 0.6) is 0 Å². The van der Waals surface area contributed by atoms with E-state index in [4.69, 9.17) is 4.98 Å². The summed E-state index contributed by atoms with van der Waals surface area (Å²) in [5.41, 5.74) is 8.90. The van der Waals surface area contributed by atoms with Crippen LogP contribution in [0.15, 0.2) is 66.7 Å². The molecular formula is C26H27N5O3. The van der Waals surface area contributed by atoms with E-state index in [1.54, 1.807) is 12.1 Å². The molecular weight excluding hydrogens is 430 g/mol. The number of para-hydroxylation sites is 2. The fourth-order valence-corrected chi connectivity index (χ4v) is 3.89. The highest BCUT2D eigenvalue weighted by atomic mass is 16.6. The highest BCUT2D eigenvalue weighted by molar-refractivity contribution is 6.14. The van der Waals surface area contributed by atoms with Gasteiger partial charge in [0.15, 0.2) is 0 Å². The van der Waals surface area contributed by atoms with E-state index < -0.39 is 10.8 Å². The standard InChI is InChI=1S/C26H27N5O3/c1-2-3-4-9-16-27-30-23-15-14-22-20(17-18-10-5-7-12-21(18)28-22)25(23)29-26(32)19-11-6-8-13-24(19)31(33)34/h5-8,10-15,17,27,30H,2-4,9,16H2,1H3,(H,29,32). The molecule has 3 N–H and O–H groups in total. The van der Waals surface area contributed by atoms with Gasteiger partial charge in [-0.25, -0.2) is 10.4 Å². The molecule has 1 amide bonds. The van der Waals surface area contributed by atoms with Crippen LogP contribution in [0.1, 0.15) is 43.0 Å². The zero-order chi connectivity index (χ0) is 23.9. The molecule has 0 saturated carbocycles. The van der Waals surface area contributed by atoms with Crippen molar-refractivity contribution in [2.75, 3.05) is 17.3 Å². The van der Waals surface area contributed by atoms with Gasteiger partial charge in [0, 0.05) is 23.4 Å². The maximum Gasteiger partial charge on any atom is 0.282 e. The number of amides is 1. The average Bonchev–Trinajstić information content (AvgIpc) is 2.86. The van der Waals surface area contributed by atoms with E-state index in [0.29, 0.717) is 16.9 Å². The number of pyridine rings is 1. The number of aromatic nitrogens is 1. The largest absolute Gasteiger partial charge is 0.319 e. The number of benzene rings is 3. The Morgan fingerprint density at radius 3 is 2.59 bits per heavy atom. The Balaban J connectivity index is 1.71. The van der Waals surface area contributed by atoms with Gasteiger partial charge in [0.05, 0.1) is 27.3 Å². The summed E-state index contributed by atoms with van der Waals surface area (Å²) in [6, 6.07) is 19.4. The van der Waals surface area contributed by atoms with Crippen molar-refractivity contribution in [2.45, 2.75) is 32.6 Å². The van der Waals surface area contributed by atoms with Crippen molar-refractivity contribution in [3.63, 3.8) is 0 Å². The van der Waals surface area contributed by atoms with Crippen LogP contribution in [-0.4, -0.2) is 22.4 Å². The van der Waals surface area contributed by atoms with Gasteiger partial charge in [-0.2, -0.15) is 0 Å².